The van der Waals surface area contributed by atoms with E-state index in [-0.39, 0.29) is 5.92 Å². The van der Waals surface area contributed by atoms with Crippen LogP contribution < -0.4 is 9.47 Å². The Morgan fingerprint density at radius 2 is 2.00 bits per heavy atom. The summed E-state index contributed by atoms with van der Waals surface area (Å²) in [7, 11) is -2.90. The standard InChI is InChI=1S/C16H23NO4S/c1-22(18,19)12-14-3-2-6-17(11-14)10-13-4-5-15-16(9-13)21-8-7-20-15/h4-5,9,14H,2-3,6-8,10-12H2,1H3/t14-/m0/s1. The van der Waals surface area contributed by atoms with Gasteiger partial charge in [0.25, 0.3) is 0 Å². The summed E-state index contributed by atoms with van der Waals surface area (Å²) in [4.78, 5) is 2.34. The van der Waals surface area contributed by atoms with Crippen LogP contribution in [0.3, 0.4) is 0 Å². The SMILES string of the molecule is CS(=O)(=O)C[C@H]1CCCN(Cc2ccc3c(c2)OCCO3)C1. The van der Waals surface area contributed by atoms with Crippen molar-refractivity contribution < 1.29 is 17.9 Å². The van der Waals surface area contributed by atoms with Gasteiger partial charge in [-0.3, -0.25) is 4.90 Å². The van der Waals surface area contributed by atoms with E-state index in [9.17, 15) is 8.42 Å². The summed E-state index contributed by atoms with van der Waals surface area (Å²) in [6, 6.07) is 6.06. The molecular formula is C16H23NO4S. The van der Waals surface area contributed by atoms with Gasteiger partial charge in [0.2, 0.25) is 0 Å². The van der Waals surface area contributed by atoms with Crippen LogP contribution in [0.1, 0.15) is 18.4 Å². The highest BCUT2D eigenvalue weighted by atomic mass is 32.2. The van der Waals surface area contributed by atoms with E-state index in [1.807, 2.05) is 12.1 Å². The number of nitrogens with zero attached hydrogens (tertiary/aromatic N) is 1. The Labute approximate surface area is 132 Å². The van der Waals surface area contributed by atoms with Gasteiger partial charge in [-0.25, -0.2) is 8.42 Å². The highest BCUT2D eigenvalue weighted by Crippen LogP contribution is 2.31. The lowest BCUT2D eigenvalue weighted by Gasteiger charge is -2.32. The van der Waals surface area contributed by atoms with Crippen molar-refractivity contribution in [2.45, 2.75) is 19.4 Å². The number of likely N-dealkylation sites (tertiary alicyclic amines) is 1. The second kappa shape index (κ2) is 6.46. The van der Waals surface area contributed by atoms with Crippen LogP contribution in [-0.4, -0.2) is 51.6 Å². The highest BCUT2D eigenvalue weighted by molar-refractivity contribution is 7.90. The first-order valence-electron chi connectivity index (χ1n) is 7.78. The van der Waals surface area contributed by atoms with E-state index in [4.69, 9.17) is 9.47 Å². The smallest absolute Gasteiger partial charge is 0.161 e. The summed E-state index contributed by atoms with van der Waals surface area (Å²) in [5.41, 5.74) is 1.18. The lowest BCUT2D eigenvalue weighted by atomic mass is 9.99. The molecule has 0 spiro atoms. The van der Waals surface area contributed by atoms with Crippen molar-refractivity contribution in [3.05, 3.63) is 23.8 Å². The van der Waals surface area contributed by atoms with Gasteiger partial charge in [-0.15, -0.1) is 0 Å². The number of ether oxygens (including phenoxy) is 2. The maximum absolute atomic E-state index is 11.5. The van der Waals surface area contributed by atoms with Crippen LogP contribution in [0.25, 0.3) is 0 Å². The fraction of sp³-hybridized carbons (Fsp3) is 0.625. The van der Waals surface area contributed by atoms with Gasteiger partial charge in [0, 0.05) is 19.3 Å². The molecule has 1 saturated heterocycles. The predicted molar refractivity (Wildman–Crippen MR) is 85.1 cm³/mol. The molecule has 0 bridgehead atoms. The lowest BCUT2D eigenvalue weighted by molar-refractivity contribution is 0.168. The van der Waals surface area contributed by atoms with Gasteiger partial charge in [-0.05, 0) is 43.0 Å². The molecule has 1 atom stereocenters. The molecule has 5 nitrogen and oxygen atoms in total. The van der Waals surface area contributed by atoms with Crippen LogP contribution in [-0.2, 0) is 16.4 Å². The minimum Gasteiger partial charge on any atom is -0.486 e. The first-order chi connectivity index (χ1) is 10.5. The van der Waals surface area contributed by atoms with Crippen molar-refractivity contribution in [2.75, 3.05) is 38.3 Å². The molecule has 1 aromatic rings. The molecule has 2 aliphatic rings. The summed E-state index contributed by atoms with van der Waals surface area (Å²) in [6.07, 6.45) is 3.39. The first kappa shape index (κ1) is 15.6. The monoisotopic (exact) mass is 325 g/mol. The average molecular weight is 325 g/mol. The van der Waals surface area contributed by atoms with Gasteiger partial charge in [-0.1, -0.05) is 6.07 Å². The van der Waals surface area contributed by atoms with Crippen molar-refractivity contribution in [1.82, 2.24) is 4.90 Å². The molecule has 0 aliphatic carbocycles. The van der Waals surface area contributed by atoms with Crippen molar-refractivity contribution in [3.8, 4) is 11.5 Å². The van der Waals surface area contributed by atoms with E-state index >= 15 is 0 Å². The molecule has 3 rings (SSSR count). The Morgan fingerprint density at radius 1 is 1.23 bits per heavy atom. The van der Waals surface area contributed by atoms with Crippen LogP contribution in [0.15, 0.2) is 18.2 Å². The topological polar surface area (TPSA) is 55.8 Å². The Kier molecular flexibility index (Phi) is 4.59. The minimum absolute atomic E-state index is 0.251. The first-order valence-corrected chi connectivity index (χ1v) is 9.84. The van der Waals surface area contributed by atoms with E-state index < -0.39 is 9.84 Å². The maximum Gasteiger partial charge on any atom is 0.161 e. The van der Waals surface area contributed by atoms with Gasteiger partial charge in [0.15, 0.2) is 11.5 Å². The Balaban J connectivity index is 1.63. The highest BCUT2D eigenvalue weighted by Gasteiger charge is 2.23. The second-order valence-corrected chi connectivity index (χ2v) is 8.50. The Bertz CT molecular complexity index is 629. The summed E-state index contributed by atoms with van der Waals surface area (Å²) in [5, 5.41) is 0. The van der Waals surface area contributed by atoms with Crippen LogP contribution in [0.4, 0.5) is 0 Å². The molecule has 0 aromatic heterocycles. The quantitative estimate of drug-likeness (QED) is 0.843. The number of rotatable bonds is 4. The fourth-order valence-electron chi connectivity index (χ4n) is 3.30. The Morgan fingerprint density at radius 3 is 2.77 bits per heavy atom. The number of hydrogen-bond acceptors (Lipinski definition) is 5. The van der Waals surface area contributed by atoms with Gasteiger partial charge in [0.1, 0.15) is 23.1 Å². The number of benzene rings is 1. The van der Waals surface area contributed by atoms with Gasteiger partial charge in [0.05, 0.1) is 5.75 Å². The summed E-state index contributed by atoms with van der Waals surface area (Å²) >= 11 is 0. The molecule has 0 N–H and O–H groups in total. The van der Waals surface area contributed by atoms with Gasteiger partial charge in [-0.2, -0.15) is 0 Å². The molecule has 2 aliphatic heterocycles. The molecule has 0 amide bonds. The summed E-state index contributed by atoms with van der Waals surface area (Å²) < 4.78 is 34.1. The summed E-state index contributed by atoms with van der Waals surface area (Å²) in [5.74, 6) is 2.17. The molecule has 1 fully saturated rings. The van der Waals surface area contributed by atoms with Crippen molar-refractivity contribution in [3.63, 3.8) is 0 Å². The molecular weight excluding hydrogens is 302 g/mol. The third-order valence-corrected chi connectivity index (χ3v) is 5.23. The normalized spacial score (nSPS) is 22.5. The van der Waals surface area contributed by atoms with E-state index in [1.165, 1.54) is 11.8 Å². The van der Waals surface area contributed by atoms with Crippen LogP contribution in [0.2, 0.25) is 0 Å². The zero-order valence-electron chi connectivity index (χ0n) is 13.0. The second-order valence-electron chi connectivity index (χ2n) is 6.31. The molecule has 22 heavy (non-hydrogen) atoms. The molecule has 6 heteroatoms. The fourth-order valence-corrected chi connectivity index (χ4v) is 4.43. The van der Waals surface area contributed by atoms with Gasteiger partial charge < -0.3 is 9.47 Å². The van der Waals surface area contributed by atoms with Crippen molar-refractivity contribution in [1.29, 1.82) is 0 Å². The molecule has 2 heterocycles. The number of piperidine rings is 1. The Hall–Kier alpha value is -1.27. The van der Waals surface area contributed by atoms with Gasteiger partial charge >= 0.3 is 0 Å². The van der Waals surface area contributed by atoms with Crippen molar-refractivity contribution in [2.24, 2.45) is 5.92 Å². The largest absolute Gasteiger partial charge is 0.486 e. The van der Waals surface area contributed by atoms with Crippen LogP contribution in [0.5, 0.6) is 11.5 Å². The van der Waals surface area contributed by atoms with Crippen LogP contribution >= 0.6 is 0 Å². The van der Waals surface area contributed by atoms with E-state index in [0.717, 1.165) is 44.0 Å². The van der Waals surface area contributed by atoms with Crippen molar-refractivity contribution >= 4 is 9.84 Å². The number of sulfone groups is 1. The molecule has 0 unspecified atom stereocenters. The van der Waals surface area contributed by atoms with E-state index in [1.54, 1.807) is 0 Å². The molecule has 1 aromatic carbocycles. The average Bonchev–Trinajstić information content (AvgIpc) is 2.46. The molecule has 0 radical (unpaired) electrons. The zero-order valence-corrected chi connectivity index (χ0v) is 13.8. The van der Waals surface area contributed by atoms with E-state index in [0.29, 0.717) is 19.0 Å². The number of hydrogen-bond donors (Lipinski definition) is 0. The zero-order chi connectivity index (χ0) is 15.6. The summed E-state index contributed by atoms with van der Waals surface area (Å²) in [6.45, 7) is 3.90. The maximum atomic E-state index is 11.5. The third kappa shape index (κ3) is 4.14. The third-order valence-electron chi connectivity index (χ3n) is 4.15. The number of fused-ring (bicyclic) bond motifs is 1. The lowest BCUT2D eigenvalue weighted by Crippen LogP contribution is -2.37. The predicted octanol–water partition coefficient (Wildman–Crippen LogP) is 1.71. The van der Waals surface area contributed by atoms with E-state index in [2.05, 4.69) is 11.0 Å². The minimum atomic E-state index is -2.90. The molecule has 122 valence electrons. The van der Waals surface area contributed by atoms with Crippen LogP contribution in [0, 0.1) is 5.92 Å². The molecule has 0 saturated carbocycles.